The van der Waals surface area contributed by atoms with Crippen molar-refractivity contribution in [1.82, 2.24) is 5.16 Å². The molecule has 1 saturated carbocycles. The molecule has 0 spiro atoms. The molecule has 1 fully saturated rings. The SMILES string of the molecule is CCOC1CC(Cc2onc(N)c2-c2ccc(C)cc2)C1. The lowest BCUT2D eigenvalue weighted by atomic mass is 9.79. The van der Waals surface area contributed by atoms with Crippen LogP contribution in [0.2, 0.25) is 0 Å². The Morgan fingerprint density at radius 1 is 1.29 bits per heavy atom. The molecule has 2 N–H and O–H groups in total. The van der Waals surface area contributed by atoms with E-state index in [-0.39, 0.29) is 0 Å². The van der Waals surface area contributed by atoms with Gasteiger partial charge in [-0.05, 0) is 38.2 Å². The number of aromatic nitrogens is 1. The van der Waals surface area contributed by atoms with E-state index in [1.54, 1.807) is 0 Å². The molecule has 0 atom stereocenters. The highest BCUT2D eigenvalue weighted by atomic mass is 16.5. The van der Waals surface area contributed by atoms with Crippen molar-refractivity contribution in [2.75, 3.05) is 12.3 Å². The predicted octanol–water partition coefficient (Wildman–Crippen LogP) is 3.59. The van der Waals surface area contributed by atoms with Gasteiger partial charge in [0, 0.05) is 13.0 Å². The van der Waals surface area contributed by atoms with Crippen molar-refractivity contribution in [3.63, 3.8) is 0 Å². The molecule has 0 bridgehead atoms. The van der Waals surface area contributed by atoms with Crippen LogP contribution in [0.25, 0.3) is 11.1 Å². The Bertz CT molecular complexity index is 598. The number of hydrogen-bond donors (Lipinski definition) is 1. The lowest BCUT2D eigenvalue weighted by molar-refractivity contribution is -0.0254. The summed E-state index contributed by atoms with van der Waals surface area (Å²) in [5, 5.41) is 3.95. The molecule has 1 aliphatic carbocycles. The second-order valence-corrected chi connectivity index (χ2v) is 5.85. The van der Waals surface area contributed by atoms with Crippen molar-refractivity contribution in [3.8, 4) is 11.1 Å². The second kappa shape index (κ2) is 5.90. The van der Waals surface area contributed by atoms with Gasteiger partial charge < -0.3 is 15.0 Å². The standard InChI is InChI=1S/C17H22N2O2/c1-3-20-14-8-12(9-14)10-15-16(17(18)19-21-15)13-6-4-11(2)5-7-13/h4-7,12,14H,3,8-10H2,1-2H3,(H2,18,19). The Labute approximate surface area is 125 Å². The molecule has 1 aromatic carbocycles. The zero-order chi connectivity index (χ0) is 14.8. The third-order valence-corrected chi connectivity index (χ3v) is 4.20. The van der Waals surface area contributed by atoms with E-state index in [0.717, 1.165) is 42.8 Å². The molecule has 1 aliphatic rings. The summed E-state index contributed by atoms with van der Waals surface area (Å²) < 4.78 is 11.1. The van der Waals surface area contributed by atoms with Crippen molar-refractivity contribution in [1.29, 1.82) is 0 Å². The number of nitrogens with two attached hydrogens (primary N) is 1. The minimum absolute atomic E-state index is 0.420. The summed E-state index contributed by atoms with van der Waals surface area (Å²) in [6.45, 7) is 4.91. The molecule has 2 aromatic rings. The molecule has 0 unspecified atom stereocenters. The maximum Gasteiger partial charge on any atom is 0.175 e. The first-order valence-corrected chi connectivity index (χ1v) is 7.60. The minimum atomic E-state index is 0.420. The second-order valence-electron chi connectivity index (χ2n) is 5.85. The van der Waals surface area contributed by atoms with E-state index >= 15 is 0 Å². The molecule has 0 radical (unpaired) electrons. The molecule has 3 rings (SSSR count). The van der Waals surface area contributed by atoms with Gasteiger partial charge in [0.1, 0.15) is 5.76 Å². The Morgan fingerprint density at radius 2 is 2.00 bits per heavy atom. The first-order chi connectivity index (χ1) is 10.2. The monoisotopic (exact) mass is 286 g/mol. The molecule has 4 nitrogen and oxygen atoms in total. The highest BCUT2D eigenvalue weighted by molar-refractivity contribution is 5.75. The third-order valence-electron chi connectivity index (χ3n) is 4.20. The van der Waals surface area contributed by atoms with E-state index in [0.29, 0.717) is 17.8 Å². The zero-order valence-electron chi connectivity index (χ0n) is 12.6. The number of benzene rings is 1. The smallest absolute Gasteiger partial charge is 0.175 e. The lowest BCUT2D eigenvalue weighted by Crippen LogP contribution is -2.32. The van der Waals surface area contributed by atoms with E-state index in [1.807, 2.05) is 6.92 Å². The highest BCUT2D eigenvalue weighted by Gasteiger charge is 2.31. The Morgan fingerprint density at radius 3 is 2.67 bits per heavy atom. The van der Waals surface area contributed by atoms with Crippen LogP contribution in [0.5, 0.6) is 0 Å². The molecule has 0 amide bonds. The van der Waals surface area contributed by atoms with Gasteiger partial charge in [-0.25, -0.2) is 0 Å². The van der Waals surface area contributed by atoms with E-state index < -0.39 is 0 Å². The fourth-order valence-corrected chi connectivity index (χ4v) is 2.98. The number of nitrogen functional groups attached to an aromatic ring is 1. The predicted molar refractivity (Wildman–Crippen MR) is 82.9 cm³/mol. The largest absolute Gasteiger partial charge is 0.380 e. The molecule has 1 aromatic heterocycles. The summed E-state index contributed by atoms with van der Waals surface area (Å²) in [6, 6.07) is 8.32. The van der Waals surface area contributed by atoms with Crippen molar-refractivity contribution < 1.29 is 9.26 Å². The van der Waals surface area contributed by atoms with Gasteiger partial charge in [0.25, 0.3) is 0 Å². The lowest BCUT2D eigenvalue weighted by Gasteiger charge is -2.34. The average molecular weight is 286 g/mol. The Balaban J connectivity index is 1.74. The number of rotatable bonds is 5. The Hall–Kier alpha value is -1.81. The van der Waals surface area contributed by atoms with Gasteiger partial charge in [-0.15, -0.1) is 0 Å². The maximum atomic E-state index is 5.99. The van der Waals surface area contributed by atoms with Crippen LogP contribution in [0.1, 0.15) is 31.1 Å². The van der Waals surface area contributed by atoms with Gasteiger partial charge in [0.05, 0.1) is 11.7 Å². The summed E-state index contributed by atoms with van der Waals surface area (Å²) in [5.41, 5.74) is 9.25. The van der Waals surface area contributed by atoms with Crippen LogP contribution >= 0.6 is 0 Å². The third kappa shape index (κ3) is 2.95. The molecule has 1 heterocycles. The number of aryl methyl sites for hydroxylation is 1. The van der Waals surface area contributed by atoms with E-state index in [4.69, 9.17) is 15.0 Å². The van der Waals surface area contributed by atoms with Crippen molar-refractivity contribution in [3.05, 3.63) is 35.6 Å². The van der Waals surface area contributed by atoms with E-state index in [1.165, 1.54) is 5.56 Å². The molecule has 112 valence electrons. The number of anilines is 1. The molecule has 21 heavy (non-hydrogen) atoms. The van der Waals surface area contributed by atoms with Gasteiger partial charge in [0.15, 0.2) is 5.82 Å². The highest BCUT2D eigenvalue weighted by Crippen LogP contribution is 2.37. The molecule has 0 aliphatic heterocycles. The van der Waals surface area contributed by atoms with Crippen molar-refractivity contribution in [2.24, 2.45) is 5.92 Å². The fraction of sp³-hybridized carbons (Fsp3) is 0.471. The van der Waals surface area contributed by atoms with Gasteiger partial charge in [-0.2, -0.15) is 0 Å². The minimum Gasteiger partial charge on any atom is -0.380 e. The summed E-state index contributed by atoms with van der Waals surface area (Å²) in [7, 11) is 0. The van der Waals surface area contributed by atoms with Gasteiger partial charge in [-0.3, -0.25) is 0 Å². The quantitative estimate of drug-likeness (QED) is 0.912. The van der Waals surface area contributed by atoms with Crippen LogP contribution in [-0.2, 0) is 11.2 Å². The van der Waals surface area contributed by atoms with Gasteiger partial charge in [-0.1, -0.05) is 35.0 Å². The van der Waals surface area contributed by atoms with Crippen LogP contribution < -0.4 is 5.73 Å². The number of nitrogens with zero attached hydrogens (tertiary/aromatic N) is 1. The summed E-state index contributed by atoms with van der Waals surface area (Å²) in [5.74, 6) is 1.99. The van der Waals surface area contributed by atoms with Crippen LogP contribution in [0.4, 0.5) is 5.82 Å². The molecule has 0 saturated heterocycles. The average Bonchev–Trinajstić information content (AvgIpc) is 2.79. The maximum absolute atomic E-state index is 5.99. The normalized spacial score (nSPS) is 21.2. The van der Waals surface area contributed by atoms with E-state index in [9.17, 15) is 0 Å². The first-order valence-electron chi connectivity index (χ1n) is 7.60. The molecular formula is C17H22N2O2. The first kappa shape index (κ1) is 14.1. The van der Waals surface area contributed by atoms with Crippen molar-refractivity contribution in [2.45, 2.75) is 39.2 Å². The van der Waals surface area contributed by atoms with Gasteiger partial charge >= 0.3 is 0 Å². The van der Waals surface area contributed by atoms with Crippen LogP contribution in [0.3, 0.4) is 0 Å². The fourth-order valence-electron chi connectivity index (χ4n) is 2.98. The van der Waals surface area contributed by atoms with Crippen LogP contribution in [0, 0.1) is 12.8 Å². The summed E-state index contributed by atoms with van der Waals surface area (Å²) in [4.78, 5) is 0. The summed E-state index contributed by atoms with van der Waals surface area (Å²) in [6.07, 6.45) is 3.50. The van der Waals surface area contributed by atoms with Crippen LogP contribution in [0.15, 0.2) is 28.8 Å². The summed E-state index contributed by atoms with van der Waals surface area (Å²) >= 11 is 0. The molecule has 4 heteroatoms. The Kier molecular flexibility index (Phi) is 3.97. The van der Waals surface area contributed by atoms with Gasteiger partial charge in [0.2, 0.25) is 0 Å². The van der Waals surface area contributed by atoms with E-state index in [2.05, 4.69) is 36.3 Å². The van der Waals surface area contributed by atoms with Crippen LogP contribution in [-0.4, -0.2) is 17.9 Å². The topological polar surface area (TPSA) is 61.3 Å². The molecular weight excluding hydrogens is 264 g/mol. The number of ether oxygens (including phenoxy) is 1. The van der Waals surface area contributed by atoms with Crippen molar-refractivity contribution >= 4 is 5.82 Å². The number of hydrogen-bond acceptors (Lipinski definition) is 4. The zero-order valence-corrected chi connectivity index (χ0v) is 12.6.